The van der Waals surface area contributed by atoms with Gasteiger partial charge in [0.1, 0.15) is 0 Å². The number of benzene rings is 1. The van der Waals surface area contributed by atoms with E-state index >= 15 is 0 Å². The maximum absolute atomic E-state index is 5.69. The molecule has 0 amide bonds. The SMILES string of the molecule is C=C(C)CCn1nc(CN)c2ccccc21. The normalized spacial score (nSPS) is 10.9. The highest BCUT2D eigenvalue weighted by Crippen LogP contribution is 2.18. The van der Waals surface area contributed by atoms with Crippen LogP contribution in [0, 0.1) is 0 Å². The van der Waals surface area contributed by atoms with Gasteiger partial charge in [0.05, 0.1) is 11.2 Å². The Morgan fingerprint density at radius 2 is 2.19 bits per heavy atom. The molecular formula is C13H17N3. The molecule has 3 nitrogen and oxygen atoms in total. The van der Waals surface area contributed by atoms with Crippen molar-refractivity contribution in [3.8, 4) is 0 Å². The zero-order valence-electron chi connectivity index (χ0n) is 9.61. The fourth-order valence-electron chi connectivity index (χ4n) is 1.81. The smallest absolute Gasteiger partial charge is 0.0838 e. The van der Waals surface area contributed by atoms with Gasteiger partial charge in [-0.3, -0.25) is 4.68 Å². The summed E-state index contributed by atoms with van der Waals surface area (Å²) >= 11 is 0. The van der Waals surface area contributed by atoms with Crippen LogP contribution in [0.3, 0.4) is 0 Å². The number of nitrogens with two attached hydrogens (primary N) is 1. The van der Waals surface area contributed by atoms with Crippen LogP contribution < -0.4 is 5.73 Å². The molecule has 2 N–H and O–H groups in total. The van der Waals surface area contributed by atoms with E-state index in [2.05, 4.69) is 23.8 Å². The van der Waals surface area contributed by atoms with Gasteiger partial charge < -0.3 is 5.73 Å². The number of hydrogen-bond acceptors (Lipinski definition) is 2. The van der Waals surface area contributed by atoms with E-state index < -0.39 is 0 Å². The summed E-state index contributed by atoms with van der Waals surface area (Å²) < 4.78 is 2.02. The molecule has 84 valence electrons. The summed E-state index contributed by atoms with van der Waals surface area (Å²) in [7, 11) is 0. The molecule has 3 heteroatoms. The van der Waals surface area contributed by atoms with Crippen molar-refractivity contribution >= 4 is 10.9 Å². The summed E-state index contributed by atoms with van der Waals surface area (Å²) in [5.41, 5.74) is 8.99. The van der Waals surface area contributed by atoms with Gasteiger partial charge in [-0.1, -0.05) is 23.8 Å². The quantitative estimate of drug-likeness (QED) is 0.796. The second-order valence-electron chi connectivity index (χ2n) is 4.10. The van der Waals surface area contributed by atoms with Crippen molar-refractivity contribution in [2.45, 2.75) is 26.4 Å². The number of fused-ring (bicyclic) bond motifs is 1. The molecule has 0 spiro atoms. The average molecular weight is 215 g/mol. The van der Waals surface area contributed by atoms with Gasteiger partial charge in [0.15, 0.2) is 0 Å². The zero-order valence-corrected chi connectivity index (χ0v) is 9.61. The van der Waals surface area contributed by atoms with Gasteiger partial charge in [0.2, 0.25) is 0 Å². The third-order valence-corrected chi connectivity index (χ3v) is 2.68. The van der Waals surface area contributed by atoms with Gasteiger partial charge in [-0.25, -0.2) is 0 Å². The number of hydrogen-bond donors (Lipinski definition) is 1. The number of aryl methyl sites for hydroxylation is 1. The van der Waals surface area contributed by atoms with Crippen LogP contribution in [0.1, 0.15) is 19.0 Å². The van der Waals surface area contributed by atoms with Crippen molar-refractivity contribution in [1.82, 2.24) is 9.78 Å². The lowest BCUT2D eigenvalue weighted by Gasteiger charge is -2.02. The molecule has 1 aromatic carbocycles. The van der Waals surface area contributed by atoms with E-state index in [4.69, 9.17) is 5.73 Å². The zero-order chi connectivity index (χ0) is 11.5. The third kappa shape index (κ3) is 1.99. The number of rotatable bonds is 4. The Kier molecular flexibility index (Phi) is 3.06. The molecule has 0 atom stereocenters. The predicted octanol–water partition coefficient (Wildman–Crippen LogP) is 2.46. The molecule has 0 radical (unpaired) electrons. The van der Waals surface area contributed by atoms with Gasteiger partial charge >= 0.3 is 0 Å². The van der Waals surface area contributed by atoms with Crippen LogP contribution in [-0.2, 0) is 13.1 Å². The first-order valence-electron chi connectivity index (χ1n) is 5.51. The Labute approximate surface area is 95.6 Å². The van der Waals surface area contributed by atoms with E-state index in [1.165, 1.54) is 5.57 Å². The van der Waals surface area contributed by atoms with Crippen LogP contribution in [0.25, 0.3) is 10.9 Å². The largest absolute Gasteiger partial charge is 0.325 e. The molecule has 1 heterocycles. The molecule has 0 aliphatic rings. The molecule has 0 unspecified atom stereocenters. The summed E-state index contributed by atoms with van der Waals surface area (Å²) in [4.78, 5) is 0. The Bertz CT molecular complexity index is 511. The highest BCUT2D eigenvalue weighted by molar-refractivity contribution is 5.81. The fraction of sp³-hybridized carbons (Fsp3) is 0.308. The van der Waals surface area contributed by atoms with Gasteiger partial charge in [-0.15, -0.1) is 6.58 Å². The number of allylic oxidation sites excluding steroid dienone is 1. The van der Waals surface area contributed by atoms with Crippen LogP contribution in [0.2, 0.25) is 0 Å². The Balaban J connectivity index is 2.41. The minimum absolute atomic E-state index is 0.487. The minimum Gasteiger partial charge on any atom is -0.325 e. The van der Waals surface area contributed by atoms with Gasteiger partial charge in [0.25, 0.3) is 0 Å². The molecule has 0 saturated heterocycles. The van der Waals surface area contributed by atoms with Crippen molar-refractivity contribution in [1.29, 1.82) is 0 Å². The first-order chi connectivity index (χ1) is 7.72. The molecule has 0 aliphatic carbocycles. The average Bonchev–Trinajstić information content (AvgIpc) is 2.65. The van der Waals surface area contributed by atoms with Crippen molar-refractivity contribution in [3.63, 3.8) is 0 Å². The molecule has 16 heavy (non-hydrogen) atoms. The summed E-state index contributed by atoms with van der Waals surface area (Å²) in [6.45, 7) is 7.31. The van der Waals surface area contributed by atoms with Crippen molar-refractivity contribution in [2.24, 2.45) is 5.73 Å². The summed E-state index contributed by atoms with van der Waals surface area (Å²) in [5.74, 6) is 0. The highest BCUT2D eigenvalue weighted by atomic mass is 15.3. The van der Waals surface area contributed by atoms with Gasteiger partial charge in [-0.05, 0) is 19.4 Å². The highest BCUT2D eigenvalue weighted by Gasteiger charge is 2.07. The Morgan fingerprint density at radius 1 is 1.44 bits per heavy atom. The van der Waals surface area contributed by atoms with E-state index in [1.54, 1.807) is 0 Å². The van der Waals surface area contributed by atoms with Gasteiger partial charge in [-0.2, -0.15) is 5.10 Å². The minimum atomic E-state index is 0.487. The molecular weight excluding hydrogens is 198 g/mol. The standard InChI is InChI=1S/C13H17N3/c1-10(2)7-8-16-13-6-4-3-5-11(13)12(9-14)15-16/h3-6H,1,7-9,14H2,2H3. The van der Waals surface area contributed by atoms with Crippen LogP contribution in [-0.4, -0.2) is 9.78 Å². The van der Waals surface area contributed by atoms with Crippen LogP contribution >= 0.6 is 0 Å². The predicted molar refractivity (Wildman–Crippen MR) is 67.1 cm³/mol. The second kappa shape index (κ2) is 4.49. The summed E-state index contributed by atoms with van der Waals surface area (Å²) in [6.07, 6.45) is 0.954. The molecule has 2 rings (SSSR count). The molecule has 2 aromatic rings. The van der Waals surface area contributed by atoms with E-state index in [0.717, 1.165) is 29.6 Å². The first kappa shape index (κ1) is 10.9. The molecule has 0 aliphatic heterocycles. The number of nitrogens with zero attached hydrogens (tertiary/aromatic N) is 2. The first-order valence-corrected chi connectivity index (χ1v) is 5.51. The number of aromatic nitrogens is 2. The topological polar surface area (TPSA) is 43.8 Å². The van der Waals surface area contributed by atoms with Crippen LogP contribution in [0.15, 0.2) is 36.4 Å². The number of para-hydroxylation sites is 1. The second-order valence-corrected chi connectivity index (χ2v) is 4.10. The van der Waals surface area contributed by atoms with Crippen molar-refractivity contribution in [3.05, 3.63) is 42.1 Å². The Hall–Kier alpha value is -1.61. The molecule has 0 bridgehead atoms. The molecule has 0 saturated carbocycles. The summed E-state index contributed by atoms with van der Waals surface area (Å²) in [5, 5.41) is 5.69. The Morgan fingerprint density at radius 3 is 2.88 bits per heavy atom. The van der Waals surface area contributed by atoms with E-state index in [-0.39, 0.29) is 0 Å². The monoisotopic (exact) mass is 215 g/mol. The van der Waals surface area contributed by atoms with E-state index in [1.807, 2.05) is 23.7 Å². The lowest BCUT2D eigenvalue weighted by atomic mass is 10.2. The van der Waals surface area contributed by atoms with Crippen molar-refractivity contribution < 1.29 is 0 Å². The maximum atomic E-state index is 5.69. The van der Waals surface area contributed by atoms with Crippen LogP contribution in [0.4, 0.5) is 0 Å². The van der Waals surface area contributed by atoms with Gasteiger partial charge in [0, 0.05) is 18.5 Å². The lowest BCUT2D eigenvalue weighted by Crippen LogP contribution is -2.03. The maximum Gasteiger partial charge on any atom is 0.0838 e. The summed E-state index contributed by atoms with van der Waals surface area (Å²) in [6, 6.07) is 8.20. The van der Waals surface area contributed by atoms with Crippen LogP contribution in [0.5, 0.6) is 0 Å². The fourth-order valence-corrected chi connectivity index (χ4v) is 1.81. The lowest BCUT2D eigenvalue weighted by molar-refractivity contribution is 0.623. The van der Waals surface area contributed by atoms with E-state index in [9.17, 15) is 0 Å². The van der Waals surface area contributed by atoms with E-state index in [0.29, 0.717) is 6.54 Å². The molecule has 1 aromatic heterocycles. The molecule has 0 fully saturated rings. The third-order valence-electron chi connectivity index (χ3n) is 2.68. The van der Waals surface area contributed by atoms with Crippen molar-refractivity contribution in [2.75, 3.05) is 0 Å².